The zero-order valence-corrected chi connectivity index (χ0v) is 14.7. The highest BCUT2D eigenvalue weighted by atomic mass is 19.4. The van der Waals surface area contributed by atoms with Crippen LogP contribution in [0.3, 0.4) is 0 Å². The first kappa shape index (κ1) is 18.5. The summed E-state index contributed by atoms with van der Waals surface area (Å²) in [5, 5.41) is 0.211. The Morgan fingerprint density at radius 1 is 1.12 bits per heavy atom. The summed E-state index contributed by atoms with van der Waals surface area (Å²) in [6.45, 7) is 3.89. The van der Waals surface area contributed by atoms with E-state index in [0.717, 1.165) is 25.5 Å². The second kappa shape index (κ2) is 6.78. The highest BCUT2D eigenvalue weighted by Gasteiger charge is 2.41. The molecule has 2 aromatic rings. The summed E-state index contributed by atoms with van der Waals surface area (Å²) >= 11 is 0. The smallest absolute Gasteiger partial charge is 0.337 e. The quantitative estimate of drug-likeness (QED) is 0.765. The number of rotatable bonds is 3. The van der Waals surface area contributed by atoms with E-state index in [1.165, 1.54) is 10.6 Å². The van der Waals surface area contributed by atoms with Crippen LogP contribution in [0.5, 0.6) is 0 Å². The molecule has 1 aromatic heterocycles. The number of aromatic nitrogens is 1. The molecule has 26 heavy (non-hydrogen) atoms. The zero-order valence-electron chi connectivity index (χ0n) is 14.7. The highest BCUT2D eigenvalue weighted by molar-refractivity contribution is 6.10. The largest absolute Gasteiger partial charge is 0.454 e. The molecule has 2 atom stereocenters. The summed E-state index contributed by atoms with van der Waals surface area (Å²) in [5.41, 5.74) is 0.0337. The van der Waals surface area contributed by atoms with Crippen molar-refractivity contribution in [1.82, 2.24) is 9.47 Å². The minimum atomic E-state index is -4.95. The van der Waals surface area contributed by atoms with Crippen LogP contribution in [-0.2, 0) is 11.3 Å². The lowest BCUT2D eigenvalue weighted by molar-refractivity contribution is -0.137. The Morgan fingerprint density at radius 2 is 1.73 bits per heavy atom. The molecular formula is C19H21F3N2O2. The normalized spacial score (nSPS) is 21.2. The van der Waals surface area contributed by atoms with Crippen LogP contribution in [0, 0.1) is 0 Å². The molecule has 1 fully saturated rings. The van der Waals surface area contributed by atoms with Gasteiger partial charge in [0.05, 0.1) is 5.56 Å². The number of amides is 1. The van der Waals surface area contributed by atoms with E-state index in [1.54, 1.807) is 18.2 Å². The Bertz CT molecular complexity index is 831. The van der Waals surface area contributed by atoms with Gasteiger partial charge in [-0.05, 0) is 39.2 Å². The number of piperidine rings is 1. The minimum absolute atomic E-state index is 0.0830. The van der Waals surface area contributed by atoms with Gasteiger partial charge in [-0.2, -0.15) is 13.2 Å². The van der Waals surface area contributed by atoms with Crippen molar-refractivity contribution >= 4 is 22.6 Å². The molecule has 0 radical (unpaired) electrons. The molecule has 1 aliphatic heterocycles. The van der Waals surface area contributed by atoms with Crippen molar-refractivity contribution in [1.29, 1.82) is 0 Å². The van der Waals surface area contributed by atoms with E-state index in [2.05, 4.69) is 0 Å². The second-order valence-corrected chi connectivity index (χ2v) is 6.94. The van der Waals surface area contributed by atoms with Gasteiger partial charge in [-0.15, -0.1) is 0 Å². The molecule has 1 aliphatic rings. The first-order valence-corrected chi connectivity index (χ1v) is 8.70. The fourth-order valence-corrected chi connectivity index (χ4v) is 3.85. The fourth-order valence-electron chi connectivity index (χ4n) is 3.85. The molecule has 0 bridgehead atoms. The Morgan fingerprint density at radius 3 is 2.35 bits per heavy atom. The minimum Gasteiger partial charge on any atom is -0.337 e. The number of hydrogen-bond donors (Lipinski definition) is 0. The topological polar surface area (TPSA) is 42.3 Å². The number of likely N-dealkylation sites (tertiary alicyclic amines) is 1. The van der Waals surface area contributed by atoms with Crippen molar-refractivity contribution in [3.63, 3.8) is 0 Å². The van der Waals surface area contributed by atoms with Crippen molar-refractivity contribution in [2.45, 2.75) is 57.9 Å². The van der Waals surface area contributed by atoms with Gasteiger partial charge in [0, 0.05) is 29.2 Å². The Hall–Kier alpha value is -2.31. The third kappa shape index (κ3) is 3.34. The Kier molecular flexibility index (Phi) is 4.82. The van der Waals surface area contributed by atoms with Crippen LogP contribution >= 0.6 is 0 Å². The number of halogens is 3. The summed E-state index contributed by atoms with van der Waals surface area (Å²) in [5.74, 6) is -2.03. The van der Waals surface area contributed by atoms with Crippen LogP contribution in [0.15, 0.2) is 30.5 Å². The summed E-state index contributed by atoms with van der Waals surface area (Å²) in [6.07, 6.45) is -0.907. The molecule has 1 amide bonds. The van der Waals surface area contributed by atoms with Crippen LogP contribution in [0.25, 0.3) is 10.9 Å². The van der Waals surface area contributed by atoms with Crippen molar-refractivity contribution in [2.75, 3.05) is 0 Å². The van der Waals surface area contributed by atoms with Gasteiger partial charge in [0.2, 0.25) is 5.91 Å². The molecule has 0 unspecified atom stereocenters. The molecule has 0 saturated carbocycles. The predicted molar refractivity (Wildman–Crippen MR) is 91.9 cm³/mol. The molecule has 2 heterocycles. The Labute approximate surface area is 149 Å². The van der Waals surface area contributed by atoms with Crippen LogP contribution in [-0.4, -0.2) is 39.4 Å². The van der Waals surface area contributed by atoms with Crippen molar-refractivity contribution in [2.24, 2.45) is 0 Å². The molecule has 140 valence electrons. The van der Waals surface area contributed by atoms with E-state index in [0.29, 0.717) is 5.52 Å². The van der Waals surface area contributed by atoms with Gasteiger partial charge >= 0.3 is 6.18 Å². The van der Waals surface area contributed by atoms with Crippen LogP contribution in [0.1, 0.15) is 43.5 Å². The molecule has 4 nitrogen and oxygen atoms in total. The second-order valence-electron chi connectivity index (χ2n) is 6.94. The average molecular weight is 366 g/mol. The summed E-state index contributed by atoms with van der Waals surface area (Å²) in [6, 6.07) is 6.56. The number of carbonyl (C=O) groups excluding carboxylic acids is 2. The SMILES string of the molecule is C[C@H]1CCC[C@H](C)N1C(=O)Cn1cc(C(=O)C(F)(F)F)c2ccccc21. The van der Waals surface area contributed by atoms with Crippen molar-refractivity contribution in [3.8, 4) is 0 Å². The molecule has 3 rings (SSSR count). The zero-order chi connectivity index (χ0) is 19.1. The van der Waals surface area contributed by atoms with Gasteiger partial charge in [-0.3, -0.25) is 9.59 Å². The highest BCUT2D eigenvalue weighted by Crippen LogP contribution is 2.29. The monoisotopic (exact) mass is 366 g/mol. The predicted octanol–water partition coefficient (Wildman–Crippen LogP) is 4.18. The van der Waals surface area contributed by atoms with Gasteiger partial charge in [0.25, 0.3) is 5.78 Å². The maximum absolute atomic E-state index is 12.9. The van der Waals surface area contributed by atoms with Gasteiger partial charge in [-0.1, -0.05) is 18.2 Å². The molecule has 0 spiro atoms. The average Bonchev–Trinajstić information content (AvgIpc) is 2.92. The van der Waals surface area contributed by atoms with Gasteiger partial charge in [0.1, 0.15) is 6.54 Å². The summed E-state index contributed by atoms with van der Waals surface area (Å²) in [7, 11) is 0. The lowest BCUT2D eigenvalue weighted by Crippen LogP contribution is -2.48. The van der Waals surface area contributed by atoms with E-state index in [1.807, 2.05) is 18.7 Å². The summed E-state index contributed by atoms with van der Waals surface area (Å²) in [4.78, 5) is 26.4. The van der Waals surface area contributed by atoms with Gasteiger partial charge in [0.15, 0.2) is 0 Å². The van der Waals surface area contributed by atoms with Gasteiger partial charge < -0.3 is 9.47 Å². The molecule has 1 saturated heterocycles. The van der Waals surface area contributed by atoms with Crippen LogP contribution in [0.4, 0.5) is 13.2 Å². The summed E-state index contributed by atoms with van der Waals surface area (Å²) < 4.78 is 40.1. The van der Waals surface area contributed by atoms with E-state index in [4.69, 9.17) is 0 Å². The lowest BCUT2D eigenvalue weighted by atomic mass is 9.97. The number of ketones is 1. The first-order chi connectivity index (χ1) is 12.2. The number of nitrogens with zero attached hydrogens (tertiary/aromatic N) is 2. The van der Waals surface area contributed by atoms with E-state index >= 15 is 0 Å². The maximum Gasteiger partial charge on any atom is 0.454 e. The number of carbonyl (C=O) groups is 2. The number of alkyl halides is 3. The number of hydrogen-bond acceptors (Lipinski definition) is 2. The van der Waals surface area contributed by atoms with Crippen molar-refractivity contribution in [3.05, 3.63) is 36.0 Å². The van der Waals surface area contributed by atoms with E-state index in [-0.39, 0.29) is 29.9 Å². The fraction of sp³-hybridized carbons (Fsp3) is 0.474. The third-order valence-electron chi connectivity index (χ3n) is 5.08. The van der Waals surface area contributed by atoms with Crippen LogP contribution in [0.2, 0.25) is 0 Å². The number of benzene rings is 1. The lowest BCUT2D eigenvalue weighted by Gasteiger charge is -2.39. The van der Waals surface area contributed by atoms with Crippen LogP contribution < -0.4 is 0 Å². The molecular weight excluding hydrogens is 345 g/mol. The number of para-hydroxylation sites is 1. The van der Waals surface area contributed by atoms with Crippen molar-refractivity contribution < 1.29 is 22.8 Å². The Balaban J connectivity index is 1.96. The maximum atomic E-state index is 12.9. The molecule has 1 aromatic carbocycles. The number of fused-ring (bicyclic) bond motifs is 1. The van der Waals surface area contributed by atoms with E-state index < -0.39 is 17.5 Å². The standard InChI is InChI=1S/C19H21F3N2O2/c1-12-6-5-7-13(2)24(12)17(25)11-23-10-15(18(26)19(20,21)22)14-8-3-4-9-16(14)23/h3-4,8-10,12-13H,5-7,11H2,1-2H3/t12-,13-/m0/s1. The van der Waals surface area contributed by atoms with E-state index in [9.17, 15) is 22.8 Å². The van der Waals surface area contributed by atoms with Gasteiger partial charge in [-0.25, -0.2) is 0 Å². The molecule has 7 heteroatoms. The third-order valence-corrected chi connectivity index (χ3v) is 5.08. The first-order valence-electron chi connectivity index (χ1n) is 8.70. The molecule has 0 aliphatic carbocycles. The number of Topliss-reactive ketones (excluding diaryl/α,β-unsaturated/α-hetero) is 1. The molecule has 0 N–H and O–H groups in total.